The number of rotatable bonds is 5. The summed E-state index contributed by atoms with van der Waals surface area (Å²) in [6.45, 7) is 0. The van der Waals surface area contributed by atoms with E-state index in [-0.39, 0.29) is 11.4 Å². The van der Waals surface area contributed by atoms with E-state index in [1.165, 1.54) is 0 Å². The van der Waals surface area contributed by atoms with Crippen LogP contribution in [0.25, 0.3) is 0 Å². The van der Waals surface area contributed by atoms with E-state index in [2.05, 4.69) is 0 Å². The van der Waals surface area contributed by atoms with Crippen LogP contribution in [0.4, 0.5) is 17.1 Å². The van der Waals surface area contributed by atoms with E-state index in [9.17, 15) is 26.9 Å². The van der Waals surface area contributed by atoms with Crippen molar-refractivity contribution in [3.63, 3.8) is 0 Å². The minimum atomic E-state index is -3.63. The number of hydrogen-bond acceptors (Lipinski definition) is 6. The van der Waals surface area contributed by atoms with Crippen LogP contribution < -0.4 is 9.44 Å². The highest BCUT2D eigenvalue weighted by Gasteiger charge is 2.14. The number of anilines is 2. The molecule has 1 aromatic carbocycles. The number of nitro benzene ring substituents is 1. The van der Waals surface area contributed by atoms with E-state index in [1.54, 1.807) is 0 Å². The van der Waals surface area contributed by atoms with Gasteiger partial charge in [0.15, 0.2) is 0 Å². The van der Waals surface area contributed by atoms with Crippen LogP contribution in [0, 0.1) is 10.1 Å². The van der Waals surface area contributed by atoms with Crippen LogP contribution in [0.2, 0.25) is 0 Å². The van der Waals surface area contributed by atoms with Crippen molar-refractivity contribution in [1.29, 1.82) is 0 Å². The second-order valence-corrected chi connectivity index (χ2v) is 7.27. The zero-order chi connectivity index (χ0) is 14.8. The van der Waals surface area contributed by atoms with Gasteiger partial charge in [-0.2, -0.15) is 0 Å². The van der Waals surface area contributed by atoms with Crippen molar-refractivity contribution in [3.05, 3.63) is 28.3 Å². The van der Waals surface area contributed by atoms with Crippen LogP contribution in [0.1, 0.15) is 0 Å². The Labute approximate surface area is 109 Å². The van der Waals surface area contributed by atoms with Crippen LogP contribution >= 0.6 is 0 Å². The smallest absolute Gasteiger partial charge is 0.273 e. The lowest BCUT2D eigenvalue weighted by atomic mass is 10.2. The molecule has 1 rings (SSSR count). The Bertz CT molecular complexity index is 658. The van der Waals surface area contributed by atoms with Crippen molar-refractivity contribution in [3.8, 4) is 0 Å². The number of nitrogens with one attached hydrogen (secondary N) is 2. The Hall–Kier alpha value is -1.88. The van der Waals surface area contributed by atoms with Crippen LogP contribution in [0.3, 0.4) is 0 Å². The fourth-order valence-corrected chi connectivity index (χ4v) is 2.35. The van der Waals surface area contributed by atoms with Crippen LogP contribution in [0.15, 0.2) is 18.2 Å². The fourth-order valence-electron chi connectivity index (χ4n) is 1.26. The molecule has 2 N–H and O–H groups in total. The van der Waals surface area contributed by atoms with Gasteiger partial charge in [-0.05, 0) is 6.07 Å². The topological polar surface area (TPSA) is 135 Å². The molecule has 0 radical (unpaired) electrons. The summed E-state index contributed by atoms with van der Waals surface area (Å²) in [5, 5.41) is 10.7. The van der Waals surface area contributed by atoms with Gasteiger partial charge in [-0.3, -0.25) is 19.6 Å². The van der Waals surface area contributed by atoms with Crippen LogP contribution in [-0.2, 0) is 20.0 Å². The summed E-state index contributed by atoms with van der Waals surface area (Å²) < 4.78 is 48.3. The largest absolute Gasteiger partial charge is 0.283 e. The highest BCUT2D eigenvalue weighted by Crippen LogP contribution is 2.25. The Morgan fingerprint density at radius 3 is 1.58 bits per heavy atom. The Morgan fingerprint density at radius 1 is 0.947 bits per heavy atom. The summed E-state index contributed by atoms with van der Waals surface area (Å²) in [5.41, 5.74) is -0.662. The third-order valence-electron chi connectivity index (χ3n) is 1.74. The molecule has 1 aromatic rings. The molecule has 0 atom stereocenters. The van der Waals surface area contributed by atoms with E-state index in [0.717, 1.165) is 30.7 Å². The van der Waals surface area contributed by atoms with E-state index in [4.69, 9.17) is 0 Å². The number of nitrogens with zero attached hydrogens (tertiary/aromatic N) is 1. The van der Waals surface area contributed by atoms with Gasteiger partial charge >= 0.3 is 0 Å². The molecule has 0 amide bonds. The molecule has 0 aromatic heterocycles. The molecule has 0 aliphatic heterocycles. The van der Waals surface area contributed by atoms with Gasteiger partial charge in [-0.25, -0.2) is 16.8 Å². The average molecular weight is 309 g/mol. The minimum Gasteiger partial charge on any atom is -0.283 e. The van der Waals surface area contributed by atoms with Crippen molar-refractivity contribution in [2.24, 2.45) is 0 Å². The molecule has 0 unspecified atom stereocenters. The minimum absolute atomic E-state index is 0.108. The van der Waals surface area contributed by atoms with Gasteiger partial charge in [-0.15, -0.1) is 0 Å². The first kappa shape index (κ1) is 15.2. The number of nitro groups is 1. The molecule has 0 aliphatic carbocycles. The normalized spacial score (nSPS) is 11.9. The Balaban J connectivity index is 3.29. The second kappa shape index (κ2) is 5.01. The lowest BCUT2D eigenvalue weighted by molar-refractivity contribution is -0.384. The molecule has 9 nitrogen and oxygen atoms in total. The third-order valence-corrected chi connectivity index (χ3v) is 2.95. The predicted molar refractivity (Wildman–Crippen MR) is 70.0 cm³/mol. The molecule has 0 aliphatic rings. The van der Waals surface area contributed by atoms with Gasteiger partial charge in [0.05, 0.1) is 28.8 Å². The molecule has 0 bridgehead atoms. The number of sulfonamides is 2. The zero-order valence-electron chi connectivity index (χ0n) is 9.95. The Kier molecular flexibility index (Phi) is 4.00. The second-order valence-electron chi connectivity index (χ2n) is 3.77. The van der Waals surface area contributed by atoms with Gasteiger partial charge in [-0.1, -0.05) is 0 Å². The van der Waals surface area contributed by atoms with E-state index in [1.807, 2.05) is 9.44 Å². The molecule has 0 heterocycles. The van der Waals surface area contributed by atoms with Crippen molar-refractivity contribution >= 4 is 37.1 Å². The summed E-state index contributed by atoms with van der Waals surface area (Å²) >= 11 is 0. The SMILES string of the molecule is CS(=O)(=O)Nc1cc(NS(C)(=O)=O)cc([N+](=O)[O-])c1. The number of non-ortho nitro benzene ring substituents is 1. The van der Waals surface area contributed by atoms with Crippen LogP contribution in [-0.4, -0.2) is 34.3 Å². The first-order valence-corrected chi connectivity index (χ1v) is 8.50. The Morgan fingerprint density at radius 2 is 1.32 bits per heavy atom. The van der Waals surface area contributed by atoms with Gasteiger partial charge in [0.1, 0.15) is 0 Å². The van der Waals surface area contributed by atoms with E-state index < -0.39 is 30.7 Å². The molecule has 0 fully saturated rings. The first-order valence-electron chi connectivity index (χ1n) is 4.71. The molecule has 0 spiro atoms. The summed E-state index contributed by atoms with van der Waals surface area (Å²) in [5.74, 6) is 0. The highest BCUT2D eigenvalue weighted by atomic mass is 32.2. The maximum Gasteiger partial charge on any atom is 0.273 e. The lowest BCUT2D eigenvalue weighted by Gasteiger charge is -2.08. The monoisotopic (exact) mass is 309 g/mol. The maximum atomic E-state index is 11.1. The summed E-state index contributed by atoms with van der Waals surface area (Å²) in [4.78, 5) is 9.92. The average Bonchev–Trinajstić information content (AvgIpc) is 2.10. The molecule has 11 heteroatoms. The molecule has 0 saturated heterocycles. The van der Waals surface area contributed by atoms with Gasteiger partial charge in [0.25, 0.3) is 5.69 Å². The lowest BCUT2D eigenvalue weighted by Crippen LogP contribution is -2.12. The maximum absolute atomic E-state index is 11.1. The number of hydrogen-bond donors (Lipinski definition) is 2. The molecule has 106 valence electrons. The van der Waals surface area contributed by atoms with Crippen molar-refractivity contribution in [2.45, 2.75) is 0 Å². The summed E-state index contributed by atoms with van der Waals surface area (Å²) in [6.07, 6.45) is 1.74. The van der Waals surface area contributed by atoms with Crippen molar-refractivity contribution in [2.75, 3.05) is 22.0 Å². The molecular formula is C8H11N3O6S2. The summed E-state index contributed by atoms with van der Waals surface area (Å²) in [6, 6.07) is 3.10. The molecular weight excluding hydrogens is 298 g/mol. The van der Waals surface area contributed by atoms with Gasteiger partial charge in [0, 0.05) is 12.1 Å². The van der Waals surface area contributed by atoms with E-state index >= 15 is 0 Å². The fraction of sp³-hybridized carbons (Fsp3) is 0.250. The van der Waals surface area contributed by atoms with Crippen LogP contribution in [0.5, 0.6) is 0 Å². The van der Waals surface area contributed by atoms with Gasteiger partial charge in [0.2, 0.25) is 20.0 Å². The standard InChI is InChI=1S/C8H11N3O6S2/c1-18(14,15)9-6-3-7(10-19(2,16)17)5-8(4-6)11(12)13/h3-5,9-10H,1-2H3. The van der Waals surface area contributed by atoms with Gasteiger partial charge < -0.3 is 0 Å². The van der Waals surface area contributed by atoms with E-state index in [0.29, 0.717) is 0 Å². The predicted octanol–water partition coefficient (Wildman–Crippen LogP) is 0.338. The first-order chi connectivity index (χ1) is 8.46. The number of benzene rings is 1. The molecule has 19 heavy (non-hydrogen) atoms. The third kappa shape index (κ3) is 5.52. The van der Waals surface area contributed by atoms with Crippen molar-refractivity contribution in [1.82, 2.24) is 0 Å². The highest BCUT2D eigenvalue weighted by molar-refractivity contribution is 7.92. The van der Waals surface area contributed by atoms with Crippen molar-refractivity contribution < 1.29 is 21.8 Å². The quantitative estimate of drug-likeness (QED) is 0.594. The zero-order valence-corrected chi connectivity index (χ0v) is 11.6. The summed E-state index contributed by atoms with van der Waals surface area (Å²) in [7, 11) is -7.26. The molecule has 0 saturated carbocycles.